The van der Waals surface area contributed by atoms with Crippen molar-refractivity contribution in [2.75, 3.05) is 0 Å². The molecule has 2 heterocycles. The summed E-state index contributed by atoms with van der Waals surface area (Å²) >= 11 is 0. The standard InChI is InChI=1S/C45H34N4/c1-3-13-40-30(4-2)20-21-34-24-33(22-23-41(34)40)36-26-37(39-25-35-18-11-12-19-42(35)46-29-39)28-38(27-36)45-48-43(31-14-7-5-8-15-31)47-44(49-45)32-16-9-6-10-17-32/h3,5-29H,4H2,1-2H3/b13-3-. The van der Waals surface area contributed by atoms with Crippen LogP contribution in [0.4, 0.5) is 0 Å². The molecule has 0 saturated heterocycles. The summed E-state index contributed by atoms with van der Waals surface area (Å²) in [7, 11) is 0. The fourth-order valence-electron chi connectivity index (χ4n) is 6.51. The normalized spacial score (nSPS) is 11.5. The summed E-state index contributed by atoms with van der Waals surface area (Å²) in [6.45, 7) is 4.29. The first kappa shape index (κ1) is 30.1. The van der Waals surface area contributed by atoms with Gasteiger partial charge in [-0.15, -0.1) is 0 Å². The highest BCUT2D eigenvalue weighted by Crippen LogP contribution is 2.36. The topological polar surface area (TPSA) is 51.6 Å². The minimum absolute atomic E-state index is 0.619. The Kier molecular flexibility index (Phi) is 8.04. The Morgan fingerprint density at radius 1 is 0.490 bits per heavy atom. The molecule has 0 aliphatic carbocycles. The molecule has 0 bridgehead atoms. The molecule has 0 N–H and O–H groups in total. The molecule has 0 aliphatic heterocycles. The number of rotatable bonds is 7. The minimum Gasteiger partial charge on any atom is -0.256 e. The molecule has 0 atom stereocenters. The van der Waals surface area contributed by atoms with Crippen LogP contribution in [0.1, 0.15) is 25.0 Å². The van der Waals surface area contributed by atoms with Gasteiger partial charge >= 0.3 is 0 Å². The van der Waals surface area contributed by atoms with E-state index in [2.05, 4.69) is 92.7 Å². The van der Waals surface area contributed by atoms with Gasteiger partial charge in [-0.25, -0.2) is 15.0 Å². The van der Waals surface area contributed by atoms with Crippen LogP contribution in [0.2, 0.25) is 0 Å². The third-order valence-corrected chi connectivity index (χ3v) is 9.01. The van der Waals surface area contributed by atoms with Crippen molar-refractivity contribution in [1.82, 2.24) is 19.9 Å². The molecule has 0 radical (unpaired) electrons. The van der Waals surface area contributed by atoms with Gasteiger partial charge in [-0.1, -0.05) is 122 Å². The highest BCUT2D eigenvalue weighted by molar-refractivity contribution is 5.95. The zero-order valence-electron chi connectivity index (χ0n) is 27.5. The van der Waals surface area contributed by atoms with Gasteiger partial charge in [-0.3, -0.25) is 4.98 Å². The highest BCUT2D eigenvalue weighted by Gasteiger charge is 2.16. The van der Waals surface area contributed by atoms with E-state index in [0.29, 0.717) is 17.5 Å². The summed E-state index contributed by atoms with van der Waals surface area (Å²) in [5.41, 5.74) is 10.7. The second kappa shape index (κ2) is 13.1. The van der Waals surface area contributed by atoms with E-state index in [-0.39, 0.29) is 0 Å². The van der Waals surface area contributed by atoms with E-state index in [0.717, 1.165) is 56.3 Å². The predicted molar refractivity (Wildman–Crippen MR) is 204 cm³/mol. The average molecular weight is 631 g/mol. The van der Waals surface area contributed by atoms with E-state index in [4.69, 9.17) is 19.9 Å². The Hall–Kier alpha value is -6.26. The first-order chi connectivity index (χ1) is 24.2. The van der Waals surface area contributed by atoms with Gasteiger partial charge in [0.05, 0.1) is 5.52 Å². The maximum atomic E-state index is 5.07. The van der Waals surface area contributed by atoms with Crippen LogP contribution in [-0.2, 0) is 6.42 Å². The molecule has 0 spiro atoms. The number of aryl methyl sites for hydroxylation is 1. The third-order valence-electron chi connectivity index (χ3n) is 9.01. The molecular weight excluding hydrogens is 597 g/mol. The first-order valence-electron chi connectivity index (χ1n) is 16.7. The van der Waals surface area contributed by atoms with Gasteiger partial charge in [0.1, 0.15) is 0 Å². The van der Waals surface area contributed by atoms with Crippen molar-refractivity contribution >= 4 is 27.8 Å². The van der Waals surface area contributed by atoms with Gasteiger partial charge in [0, 0.05) is 33.8 Å². The third kappa shape index (κ3) is 6.01. The average Bonchev–Trinajstić information content (AvgIpc) is 3.18. The molecular formula is C45H34N4. The largest absolute Gasteiger partial charge is 0.256 e. The molecule has 0 unspecified atom stereocenters. The number of nitrogens with zero attached hydrogens (tertiary/aromatic N) is 4. The van der Waals surface area contributed by atoms with Gasteiger partial charge in [0.15, 0.2) is 17.5 Å². The Bertz CT molecular complexity index is 2430. The lowest BCUT2D eigenvalue weighted by Gasteiger charge is -2.14. The molecule has 8 rings (SSSR count). The molecule has 0 aliphatic rings. The summed E-state index contributed by atoms with van der Waals surface area (Å²) in [5.74, 6) is 1.89. The van der Waals surface area contributed by atoms with Gasteiger partial charge < -0.3 is 0 Å². The number of aromatic nitrogens is 4. The molecule has 4 nitrogen and oxygen atoms in total. The summed E-state index contributed by atoms with van der Waals surface area (Å²) in [6.07, 6.45) is 7.29. The van der Waals surface area contributed by atoms with E-state index in [9.17, 15) is 0 Å². The lowest BCUT2D eigenvalue weighted by atomic mass is 9.92. The van der Waals surface area contributed by atoms with Crippen LogP contribution >= 0.6 is 0 Å². The van der Waals surface area contributed by atoms with Crippen molar-refractivity contribution in [2.24, 2.45) is 0 Å². The van der Waals surface area contributed by atoms with Crippen LogP contribution in [0.3, 0.4) is 0 Å². The maximum absolute atomic E-state index is 5.07. The van der Waals surface area contributed by atoms with Gasteiger partial charge in [-0.05, 0) is 88.3 Å². The maximum Gasteiger partial charge on any atom is 0.164 e. The second-order valence-corrected chi connectivity index (χ2v) is 12.2. The van der Waals surface area contributed by atoms with Crippen molar-refractivity contribution in [3.63, 3.8) is 0 Å². The quantitative estimate of drug-likeness (QED) is 0.176. The van der Waals surface area contributed by atoms with Gasteiger partial charge in [0.25, 0.3) is 0 Å². The molecule has 6 aromatic carbocycles. The van der Waals surface area contributed by atoms with E-state index in [1.165, 1.54) is 21.9 Å². The fourth-order valence-corrected chi connectivity index (χ4v) is 6.51. The van der Waals surface area contributed by atoms with E-state index in [1.54, 1.807) is 0 Å². The van der Waals surface area contributed by atoms with Crippen LogP contribution < -0.4 is 0 Å². The van der Waals surface area contributed by atoms with Gasteiger partial charge in [0.2, 0.25) is 0 Å². The molecule has 2 aromatic heterocycles. The first-order valence-corrected chi connectivity index (χ1v) is 16.7. The zero-order valence-corrected chi connectivity index (χ0v) is 27.5. The summed E-state index contributed by atoms with van der Waals surface area (Å²) < 4.78 is 0. The van der Waals surface area contributed by atoms with Crippen molar-refractivity contribution in [3.05, 3.63) is 163 Å². The lowest BCUT2D eigenvalue weighted by molar-refractivity contribution is 1.07. The molecule has 4 heteroatoms. The number of pyridine rings is 1. The van der Waals surface area contributed by atoms with Crippen molar-refractivity contribution in [3.8, 4) is 56.4 Å². The predicted octanol–water partition coefficient (Wildman–Crippen LogP) is 11.5. The number of hydrogen-bond donors (Lipinski definition) is 0. The molecule has 8 aromatic rings. The molecule has 0 saturated carbocycles. The Morgan fingerprint density at radius 3 is 1.76 bits per heavy atom. The number of benzene rings is 6. The number of para-hydroxylation sites is 1. The SMILES string of the molecule is C/C=C\c1c(CC)ccc2cc(-c3cc(-c4cnc5ccccc5c4)cc(-c4nc(-c5ccccc5)nc(-c5ccccc5)n4)c3)ccc12. The monoisotopic (exact) mass is 630 g/mol. The Balaban J connectivity index is 1.35. The van der Waals surface area contributed by atoms with Crippen LogP contribution in [0.5, 0.6) is 0 Å². The van der Waals surface area contributed by atoms with Crippen LogP contribution in [0.15, 0.2) is 152 Å². The van der Waals surface area contributed by atoms with Gasteiger partial charge in [-0.2, -0.15) is 0 Å². The smallest absolute Gasteiger partial charge is 0.164 e. The van der Waals surface area contributed by atoms with Crippen LogP contribution in [0.25, 0.3) is 84.2 Å². The molecule has 234 valence electrons. The highest BCUT2D eigenvalue weighted by atomic mass is 15.0. The van der Waals surface area contributed by atoms with E-state index in [1.807, 2.05) is 79.0 Å². The van der Waals surface area contributed by atoms with E-state index < -0.39 is 0 Å². The summed E-state index contributed by atoms with van der Waals surface area (Å²) in [5, 5.41) is 3.56. The van der Waals surface area contributed by atoms with Crippen LogP contribution in [0, 0.1) is 0 Å². The fraction of sp³-hybridized carbons (Fsp3) is 0.0667. The summed E-state index contributed by atoms with van der Waals surface area (Å²) in [6, 6.07) is 48.6. The minimum atomic E-state index is 0.619. The Morgan fingerprint density at radius 2 is 1.08 bits per heavy atom. The van der Waals surface area contributed by atoms with Crippen molar-refractivity contribution in [1.29, 1.82) is 0 Å². The number of fused-ring (bicyclic) bond motifs is 2. The lowest BCUT2D eigenvalue weighted by Crippen LogP contribution is -2.00. The number of allylic oxidation sites excluding steroid dienone is 1. The molecule has 0 fully saturated rings. The van der Waals surface area contributed by atoms with Crippen molar-refractivity contribution in [2.45, 2.75) is 20.3 Å². The number of hydrogen-bond acceptors (Lipinski definition) is 4. The second-order valence-electron chi connectivity index (χ2n) is 12.2. The summed E-state index contributed by atoms with van der Waals surface area (Å²) in [4.78, 5) is 19.9. The van der Waals surface area contributed by atoms with Crippen LogP contribution in [-0.4, -0.2) is 19.9 Å². The molecule has 0 amide bonds. The van der Waals surface area contributed by atoms with Crippen molar-refractivity contribution < 1.29 is 0 Å². The Labute approximate surface area is 286 Å². The zero-order chi connectivity index (χ0) is 33.2. The van der Waals surface area contributed by atoms with E-state index >= 15 is 0 Å². The molecule has 49 heavy (non-hydrogen) atoms.